The van der Waals surface area contributed by atoms with Gasteiger partial charge in [-0.05, 0) is 0 Å². The lowest BCUT2D eigenvalue weighted by molar-refractivity contribution is -0.140. The quantitative estimate of drug-likeness (QED) is 0.0729. The number of carboxylic acids is 6. The van der Waals surface area contributed by atoms with Crippen LogP contribution < -0.4 is 5.32 Å². The molecule has 54 heavy (non-hydrogen) atoms. The van der Waals surface area contributed by atoms with Crippen LogP contribution in [0.25, 0.3) is 0 Å². The first kappa shape index (κ1) is 46.1. The summed E-state index contributed by atoms with van der Waals surface area (Å²) in [6.45, 7) is 3.63. The minimum absolute atomic E-state index is 0.0570. The average Bonchev–Trinajstić information content (AvgIpc) is 3.05. The molecule has 308 valence electrons. The van der Waals surface area contributed by atoms with Gasteiger partial charge in [-0.3, -0.25) is 72.8 Å². The van der Waals surface area contributed by atoms with Crippen molar-refractivity contribution < 1.29 is 64.2 Å². The summed E-state index contributed by atoms with van der Waals surface area (Å²) in [6, 6.07) is 0. The maximum atomic E-state index is 13.2. The fourth-order valence-corrected chi connectivity index (χ4v) is 6.25. The van der Waals surface area contributed by atoms with E-state index in [-0.39, 0.29) is 137 Å². The summed E-state index contributed by atoms with van der Waals surface area (Å²) in [5.74, 6) is -6.58. The fourth-order valence-electron chi connectivity index (χ4n) is 6.25. The van der Waals surface area contributed by atoms with Crippen molar-refractivity contribution in [3.05, 3.63) is 0 Å². The normalized spacial score (nSPS) is 20.1. The lowest BCUT2D eigenvalue weighted by Crippen LogP contribution is -2.50. The lowest BCUT2D eigenvalue weighted by atomic mass is 10.3. The molecule has 0 spiro atoms. The Labute approximate surface area is 314 Å². The van der Waals surface area contributed by atoms with Crippen LogP contribution in [0, 0.1) is 0 Å². The molecule has 0 aromatic rings. The van der Waals surface area contributed by atoms with Crippen LogP contribution >= 0.6 is 0 Å². The van der Waals surface area contributed by atoms with E-state index in [1.54, 1.807) is 29.4 Å². The summed E-state index contributed by atoms with van der Waals surface area (Å²) in [6.07, 6.45) is 0. The Hall–Kier alpha value is -4.03. The van der Waals surface area contributed by atoms with Gasteiger partial charge in [0.05, 0.1) is 45.8 Å². The maximum Gasteiger partial charge on any atom is 0.317 e. The smallest absolute Gasteiger partial charge is 0.317 e. The highest BCUT2D eigenvalue weighted by Gasteiger charge is 2.23. The van der Waals surface area contributed by atoms with E-state index in [0.29, 0.717) is 32.7 Å². The first-order valence-electron chi connectivity index (χ1n) is 17.9. The van der Waals surface area contributed by atoms with Gasteiger partial charge in [-0.25, -0.2) is 0 Å². The Morgan fingerprint density at radius 1 is 0.315 bits per heavy atom. The first-order chi connectivity index (χ1) is 25.6. The molecular weight excluding hydrogens is 718 g/mol. The lowest BCUT2D eigenvalue weighted by Gasteiger charge is -2.33. The maximum absolute atomic E-state index is 13.2. The number of hydrogen-bond donors (Lipinski definition) is 7. The van der Waals surface area contributed by atoms with Crippen molar-refractivity contribution in [1.29, 1.82) is 0 Å². The van der Waals surface area contributed by atoms with E-state index in [1.165, 1.54) is 0 Å². The van der Waals surface area contributed by atoms with Crippen molar-refractivity contribution in [3.8, 4) is 0 Å². The second kappa shape index (κ2) is 25.1. The number of hydrogen-bond acceptors (Lipinski definition) is 15. The third-order valence-corrected chi connectivity index (χ3v) is 9.13. The highest BCUT2D eigenvalue weighted by Crippen LogP contribution is 2.04. The SMILES string of the molecule is O=C(O)CN1CCN(CCNC(=O)CN2CCN(CC(=O)O)CCN(CC(=O)O)CCN(CC(=O)O)CC2)CCN(CC(=O)O)CCN(CC(=O)O)CC1. The molecule has 0 aliphatic carbocycles. The van der Waals surface area contributed by atoms with Gasteiger partial charge in [0.2, 0.25) is 5.91 Å². The number of aliphatic carboxylic acids is 6. The van der Waals surface area contributed by atoms with Gasteiger partial charge in [-0.15, -0.1) is 0 Å². The van der Waals surface area contributed by atoms with Crippen LogP contribution in [0.3, 0.4) is 0 Å². The van der Waals surface area contributed by atoms with E-state index in [9.17, 15) is 64.2 Å². The van der Waals surface area contributed by atoms with Crippen LogP contribution in [0.15, 0.2) is 0 Å². The van der Waals surface area contributed by atoms with Gasteiger partial charge in [-0.2, -0.15) is 0 Å². The molecule has 2 saturated heterocycles. The van der Waals surface area contributed by atoms with E-state index >= 15 is 0 Å². The van der Waals surface area contributed by atoms with Crippen LogP contribution in [0.1, 0.15) is 0 Å². The van der Waals surface area contributed by atoms with Gasteiger partial charge in [-0.1, -0.05) is 0 Å². The Kier molecular flexibility index (Phi) is 21.5. The first-order valence-corrected chi connectivity index (χ1v) is 17.9. The van der Waals surface area contributed by atoms with E-state index in [1.807, 2.05) is 9.80 Å². The minimum atomic E-state index is -1.05. The van der Waals surface area contributed by atoms with Crippen molar-refractivity contribution in [1.82, 2.24) is 44.5 Å². The topological polar surface area (TPSA) is 279 Å². The molecule has 7 N–H and O–H groups in total. The number of carbonyl (C=O) groups is 7. The van der Waals surface area contributed by atoms with Crippen LogP contribution in [0.5, 0.6) is 0 Å². The van der Waals surface area contributed by atoms with Gasteiger partial charge in [0, 0.05) is 118 Å². The van der Waals surface area contributed by atoms with Gasteiger partial charge < -0.3 is 36.0 Å². The fraction of sp³-hybridized carbons (Fsp3) is 0.781. The zero-order chi connectivity index (χ0) is 40.0. The van der Waals surface area contributed by atoms with Crippen molar-refractivity contribution in [2.75, 3.05) is 164 Å². The summed E-state index contributed by atoms with van der Waals surface area (Å²) in [5.41, 5.74) is 0. The summed E-state index contributed by atoms with van der Waals surface area (Å²) >= 11 is 0. The zero-order valence-corrected chi connectivity index (χ0v) is 30.8. The molecule has 2 fully saturated rings. The van der Waals surface area contributed by atoms with E-state index < -0.39 is 35.8 Å². The average molecular weight is 776 g/mol. The molecule has 0 radical (unpaired) electrons. The Morgan fingerprint density at radius 2 is 0.500 bits per heavy atom. The van der Waals surface area contributed by atoms with Crippen LogP contribution in [-0.4, -0.2) is 275 Å². The summed E-state index contributed by atoms with van der Waals surface area (Å²) in [5, 5.41) is 59.4. The number of carboxylic acid groups (broad SMARTS) is 6. The number of amides is 1. The number of carbonyl (C=O) groups excluding carboxylic acids is 1. The molecule has 2 aliphatic heterocycles. The molecule has 1 amide bonds. The molecule has 22 nitrogen and oxygen atoms in total. The molecule has 0 unspecified atom stereocenters. The summed E-state index contributed by atoms with van der Waals surface area (Å²) < 4.78 is 0. The second-order valence-electron chi connectivity index (χ2n) is 13.5. The molecule has 22 heteroatoms. The van der Waals surface area contributed by atoms with Gasteiger partial charge in [0.25, 0.3) is 0 Å². The molecule has 2 rings (SSSR count). The predicted molar refractivity (Wildman–Crippen MR) is 190 cm³/mol. The Bertz CT molecular complexity index is 1180. The number of rotatable bonds is 17. The standard InChI is InChI=1S/C32H57N9O13/c42-26(19-35-7-9-38(22-29(47)48)15-17-41(25-32(53)54)18-16-39(10-8-35)23-30(49)50)33-1-2-34-3-5-36(20-27(43)44)11-13-40(24-31(51)52)14-12-37(6-4-34)21-28(45)46/h1-25H2,(H,33,42)(H,43,44)(H,45,46)(H,47,48)(H,49,50)(H,51,52)(H,53,54). The molecular formula is C32H57N9O13. The van der Waals surface area contributed by atoms with Crippen molar-refractivity contribution >= 4 is 41.7 Å². The highest BCUT2D eigenvalue weighted by molar-refractivity contribution is 5.78. The third-order valence-electron chi connectivity index (χ3n) is 9.13. The van der Waals surface area contributed by atoms with Crippen molar-refractivity contribution in [2.24, 2.45) is 0 Å². The largest absolute Gasteiger partial charge is 0.480 e. The summed E-state index contributed by atoms with van der Waals surface area (Å²) in [4.78, 5) is 96.2. The van der Waals surface area contributed by atoms with Crippen LogP contribution in [0.4, 0.5) is 0 Å². The van der Waals surface area contributed by atoms with Crippen molar-refractivity contribution in [2.45, 2.75) is 0 Å². The minimum Gasteiger partial charge on any atom is -0.480 e. The van der Waals surface area contributed by atoms with E-state index in [2.05, 4.69) is 5.32 Å². The highest BCUT2D eigenvalue weighted by atomic mass is 16.4. The van der Waals surface area contributed by atoms with Crippen molar-refractivity contribution in [3.63, 3.8) is 0 Å². The Balaban J connectivity index is 2.09. The van der Waals surface area contributed by atoms with E-state index in [0.717, 1.165) is 0 Å². The van der Waals surface area contributed by atoms with E-state index in [4.69, 9.17) is 0 Å². The second-order valence-corrected chi connectivity index (χ2v) is 13.5. The molecule has 2 aliphatic rings. The van der Waals surface area contributed by atoms with Crippen LogP contribution in [-0.2, 0) is 33.6 Å². The Morgan fingerprint density at radius 3 is 0.704 bits per heavy atom. The van der Waals surface area contributed by atoms with Gasteiger partial charge >= 0.3 is 35.8 Å². The number of nitrogens with zero attached hydrogens (tertiary/aromatic N) is 8. The molecule has 0 bridgehead atoms. The van der Waals surface area contributed by atoms with Gasteiger partial charge in [0.1, 0.15) is 0 Å². The van der Waals surface area contributed by atoms with Gasteiger partial charge in [0.15, 0.2) is 0 Å². The monoisotopic (exact) mass is 775 g/mol. The molecule has 0 aromatic carbocycles. The number of nitrogens with one attached hydrogen (secondary N) is 1. The predicted octanol–water partition coefficient (Wildman–Crippen LogP) is -4.95. The molecule has 2 heterocycles. The molecule has 0 saturated carbocycles. The third kappa shape index (κ3) is 21.6. The molecule has 0 atom stereocenters. The molecule has 0 aromatic heterocycles. The zero-order valence-electron chi connectivity index (χ0n) is 30.8. The summed E-state index contributed by atoms with van der Waals surface area (Å²) in [7, 11) is 0. The van der Waals surface area contributed by atoms with Crippen LogP contribution in [0.2, 0.25) is 0 Å².